The number of carbonyl (C=O) groups is 2. The van der Waals surface area contributed by atoms with Gasteiger partial charge in [-0.15, -0.1) is 0 Å². The summed E-state index contributed by atoms with van der Waals surface area (Å²) >= 11 is 0. The molecule has 302 valence electrons. The van der Waals surface area contributed by atoms with Crippen molar-refractivity contribution < 1.29 is 37.9 Å². The summed E-state index contributed by atoms with van der Waals surface area (Å²) in [4.78, 5) is 33.7. The monoisotopic (exact) mass is 761 g/mol. The highest BCUT2D eigenvalue weighted by Gasteiger charge is 2.23. The minimum Gasteiger partial charge on any atom is -0.463 e. The molecular formula is C43H72NO8P. The zero-order valence-electron chi connectivity index (χ0n) is 32.9. The largest absolute Gasteiger partial charge is 0.472 e. The van der Waals surface area contributed by atoms with Crippen LogP contribution >= 0.6 is 7.82 Å². The summed E-state index contributed by atoms with van der Waals surface area (Å²) in [5, 5.41) is 12.6. The van der Waals surface area contributed by atoms with Gasteiger partial charge in [0.25, 0.3) is 0 Å². The second kappa shape index (κ2) is 38.9. The van der Waals surface area contributed by atoms with E-state index in [1.165, 1.54) is 51.4 Å². The number of ether oxygens (including phenoxy) is 1. The Morgan fingerprint density at radius 3 is 1.51 bits per heavy atom. The van der Waals surface area contributed by atoms with E-state index in [2.05, 4.69) is 86.0 Å². The van der Waals surface area contributed by atoms with E-state index in [9.17, 15) is 24.2 Å². The molecule has 0 aromatic heterocycles. The van der Waals surface area contributed by atoms with Gasteiger partial charge in [0.1, 0.15) is 12.7 Å². The first-order valence-electron chi connectivity index (χ1n) is 20.1. The Labute approximate surface area is 322 Å². The molecule has 0 fully saturated rings. The molecule has 0 aromatic rings. The van der Waals surface area contributed by atoms with Crippen LogP contribution in [0.5, 0.6) is 0 Å². The number of allylic oxidation sites excluding steroid dienone is 13. The maximum atomic E-state index is 12.0. The number of unbranched alkanes of at least 4 members (excludes halogenated alkanes) is 10. The Kier molecular flexibility index (Phi) is 36.8. The van der Waals surface area contributed by atoms with E-state index in [1.54, 1.807) is 6.08 Å². The summed E-state index contributed by atoms with van der Waals surface area (Å²) in [6.07, 6.45) is 48.2. The number of aliphatic hydroxyl groups excluding tert-OH is 1. The van der Waals surface area contributed by atoms with Gasteiger partial charge in [-0.3, -0.25) is 18.6 Å². The second-order valence-corrected chi connectivity index (χ2v) is 14.3. The molecule has 2 atom stereocenters. The number of hydrogen-bond acceptors (Lipinski definition) is 7. The number of nitrogens with one attached hydrogen (secondary N) is 1. The van der Waals surface area contributed by atoms with E-state index >= 15 is 0 Å². The predicted octanol–water partition coefficient (Wildman–Crippen LogP) is 10.9. The maximum Gasteiger partial charge on any atom is 0.472 e. The summed E-state index contributed by atoms with van der Waals surface area (Å²) in [7, 11) is -4.43. The Balaban J connectivity index is 3.79. The Bertz CT molecular complexity index is 1140. The van der Waals surface area contributed by atoms with Crippen LogP contribution in [0.4, 0.5) is 0 Å². The van der Waals surface area contributed by atoms with E-state index in [-0.39, 0.29) is 32.1 Å². The van der Waals surface area contributed by atoms with Crippen molar-refractivity contribution in [2.45, 2.75) is 148 Å². The summed E-state index contributed by atoms with van der Waals surface area (Å²) in [6, 6.07) is 0. The Morgan fingerprint density at radius 1 is 0.604 bits per heavy atom. The van der Waals surface area contributed by atoms with Gasteiger partial charge in [0.2, 0.25) is 5.91 Å². The van der Waals surface area contributed by atoms with Crippen LogP contribution in [0.15, 0.2) is 85.1 Å². The van der Waals surface area contributed by atoms with E-state index < -0.39 is 26.5 Å². The van der Waals surface area contributed by atoms with E-state index in [4.69, 9.17) is 13.8 Å². The number of esters is 1. The first-order valence-corrected chi connectivity index (χ1v) is 21.6. The van der Waals surface area contributed by atoms with Crippen LogP contribution < -0.4 is 5.32 Å². The molecule has 0 aromatic carbocycles. The number of hydrogen-bond donors (Lipinski definition) is 3. The summed E-state index contributed by atoms with van der Waals surface area (Å²) in [5.41, 5.74) is 0. The zero-order valence-corrected chi connectivity index (χ0v) is 33.8. The normalized spacial score (nSPS) is 14.3. The number of phosphoric ester groups is 1. The van der Waals surface area contributed by atoms with Crippen LogP contribution in [0.25, 0.3) is 0 Å². The molecule has 0 saturated carbocycles. The van der Waals surface area contributed by atoms with Gasteiger partial charge in [-0.1, -0.05) is 163 Å². The molecule has 10 heteroatoms. The molecule has 0 aliphatic heterocycles. The minimum atomic E-state index is -4.43. The highest BCUT2D eigenvalue weighted by Crippen LogP contribution is 2.42. The van der Waals surface area contributed by atoms with Gasteiger partial charge in [0.15, 0.2) is 0 Å². The smallest absolute Gasteiger partial charge is 0.463 e. The average molecular weight is 762 g/mol. The average Bonchev–Trinajstić information content (AvgIpc) is 3.14. The fraction of sp³-hybridized carbons (Fsp3) is 0.628. The van der Waals surface area contributed by atoms with Gasteiger partial charge < -0.3 is 20.1 Å². The summed E-state index contributed by atoms with van der Waals surface area (Å²) in [5.74, 6) is -0.658. The van der Waals surface area contributed by atoms with Gasteiger partial charge in [-0.25, -0.2) is 4.57 Å². The van der Waals surface area contributed by atoms with Crippen molar-refractivity contribution in [1.82, 2.24) is 5.32 Å². The fourth-order valence-electron chi connectivity index (χ4n) is 4.88. The summed E-state index contributed by atoms with van der Waals surface area (Å²) < 4.78 is 26.7. The highest BCUT2D eigenvalue weighted by molar-refractivity contribution is 7.47. The fourth-order valence-corrected chi connectivity index (χ4v) is 5.63. The third kappa shape index (κ3) is 40.2. The SMILES string of the molecule is CC/C=C\C/C=C\C/C=C\C/C=C\C/C=C\C/C=C\C/C=C\CC(=O)OCC(O)COP(=O)(O)OCCNC(=O)CCCCCCCCCCCCC. The maximum absolute atomic E-state index is 12.0. The molecule has 0 saturated heterocycles. The molecule has 0 radical (unpaired) electrons. The zero-order chi connectivity index (χ0) is 38.9. The number of phosphoric acid groups is 1. The van der Waals surface area contributed by atoms with Crippen LogP contribution in [-0.4, -0.2) is 54.3 Å². The van der Waals surface area contributed by atoms with Crippen LogP contribution in [0.2, 0.25) is 0 Å². The van der Waals surface area contributed by atoms with Crippen molar-refractivity contribution in [2.24, 2.45) is 0 Å². The van der Waals surface area contributed by atoms with Gasteiger partial charge in [-0.2, -0.15) is 0 Å². The van der Waals surface area contributed by atoms with Crippen LogP contribution in [0, 0.1) is 0 Å². The molecule has 53 heavy (non-hydrogen) atoms. The number of aliphatic hydroxyl groups is 1. The van der Waals surface area contributed by atoms with E-state index in [0.717, 1.165) is 57.8 Å². The van der Waals surface area contributed by atoms with Crippen LogP contribution in [0.3, 0.4) is 0 Å². The predicted molar refractivity (Wildman–Crippen MR) is 219 cm³/mol. The molecule has 0 aliphatic rings. The third-order valence-corrected chi connectivity index (χ3v) is 8.86. The van der Waals surface area contributed by atoms with Crippen molar-refractivity contribution in [3.05, 3.63) is 85.1 Å². The first kappa shape index (κ1) is 50.2. The topological polar surface area (TPSA) is 131 Å². The molecular weight excluding hydrogens is 689 g/mol. The van der Waals surface area contributed by atoms with Crippen molar-refractivity contribution in [2.75, 3.05) is 26.4 Å². The molecule has 0 bridgehead atoms. The van der Waals surface area contributed by atoms with E-state index in [0.29, 0.717) is 12.8 Å². The third-order valence-electron chi connectivity index (χ3n) is 7.87. The summed E-state index contributed by atoms with van der Waals surface area (Å²) in [6.45, 7) is 3.29. The Morgan fingerprint density at radius 2 is 1.04 bits per heavy atom. The quantitative estimate of drug-likeness (QED) is 0.0249. The Hall–Kier alpha value is -2.81. The molecule has 0 rings (SSSR count). The molecule has 3 N–H and O–H groups in total. The number of amides is 1. The second-order valence-electron chi connectivity index (χ2n) is 12.9. The molecule has 0 aliphatic carbocycles. The molecule has 0 spiro atoms. The lowest BCUT2D eigenvalue weighted by Crippen LogP contribution is -2.27. The molecule has 9 nitrogen and oxygen atoms in total. The van der Waals surface area contributed by atoms with Gasteiger partial charge in [-0.05, 0) is 51.4 Å². The van der Waals surface area contributed by atoms with Gasteiger partial charge in [0.05, 0.1) is 19.6 Å². The van der Waals surface area contributed by atoms with Crippen LogP contribution in [0.1, 0.15) is 142 Å². The van der Waals surface area contributed by atoms with Crippen molar-refractivity contribution in [3.63, 3.8) is 0 Å². The number of carbonyl (C=O) groups excluding carboxylic acids is 2. The van der Waals surface area contributed by atoms with Gasteiger partial charge in [0, 0.05) is 13.0 Å². The lowest BCUT2D eigenvalue weighted by atomic mass is 10.1. The first-order chi connectivity index (χ1) is 25.8. The van der Waals surface area contributed by atoms with Crippen molar-refractivity contribution >= 4 is 19.7 Å². The van der Waals surface area contributed by atoms with E-state index in [1.807, 2.05) is 12.2 Å². The molecule has 2 unspecified atom stereocenters. The van der Waals surface area contributed by atoms with Crippen molar-refractivity contribution in [1.29, 1.82) is 0 Å². The lowest BCUT2D eigenvalue weighted by Gasteiger charge is -2.15. The van der Waals surface area contributed by atoms with Crippen molar-refractivity contribution in [3.8, 4) is 0 Å². The molecule has 0 heterocycles. The number of rotatable bonds is 36. The van der Waals surface area contributed by atoms with Gasteiger partial charge >= 0.3 is 13.8 Å². The standard InChI is InChI=1S/C43H72NO8P/c1-3-5-7-9-11-13-15-16-17-18-19-20-21-22-23-24-26-28-30-32-34-36-43(47)50-39-41(45)40-52-53(48,49)51-38-37-44-42(46)35-33-31-29-27-25-14-12-10-8-6-4-2/h5,7,11,13,16-17,19-20,22-23,26,28,32,34,41,45H,3-4,6,8-10,12,14-15,18,21,24-25,27,29-31,33,35-40H2,1-2H3,(H,44,46)(H,48,49)/b7-5-,13-11-,17-16-,20-19-,23-22-,28-26-,34-32-. The van der Waals surface area contributed by atoms with Crippen LogP contribution in [-0.2, 0) is 27.9 Å². The minimum absolute atomic E-state index is 0.0444. The highest BCUT2D eigenvalue weighted by atomic mass is 31.2. The molecule has 1 amide bonds. The lowest BCUT2D eigenvalue weighted by molar-refractivity contribution is -0.146.